The van der Waals surface area contributed by atoms with Crippen LogP contribution in [0.15, 0.2) is 24.3 Å². The Bertz CT molecular complexity index is 585. The second-order valence-corrected chi connectivity index (χ2v) is 6.34. The van der Waals surface area contributed by atoms with E-state index in [1.807, 2.05) is 24.3 Å². The number of hydrogen-bond donors (Lipinski definition) is 1. The molecule has 7 heteroatoms. The number of para-hydroxylation sites is 1. The Balaban J connectivity index is 1.66. The summed E-state index contributed by atoms with van der Waals surface area (Å²) >= 11 is 0. The van der Waals surface area contributed by atoms with E-state index in [0.717, 1.165) is 42.1 Å². The highest BCUT2D eigenvalue weighted by molar-refractivity contribution is 5.82. The van der Waals surface area contributed by atoms with E-state index in [-0.39, 0.29) is 19.2 Å². The number of likely N-dealkylation sites (tertiary alicyclic amines) is 1. The molecule has 1 atom stereocenters. The van der Waals surface area contributed by atoms with Crippen LogP contribution in [-0.4, -0.2) is 49.3 Å². The minimum atomic E-state index is -4.82. The van der Waals surface area contributed by atoms with Crippen LogP contribution >= 0.6 is 0 Å². The van der Waals surface area contributed by atoms with Crippen LogP contribution in [0.4, 0.5) is 13.2 Å². The first-order valence-electron chi connectivity index (χ1n) is 8.27. The summed E-state index contributed by atoms with van der Waals surface area (Å²) < 4.78 is 43.5. The first-order chi connectivity index (χ1) is 11.4. The smallest absolute Gasteiger partial charge is 0.471 e. The van der Waals surface area contributed by atoms with E-state index in [1.54, 1.807) is 0 Å². The van der Waals surface area contributed by atoms with Crippen molar-refractivity contribution in [2.75, 3.05) is 26.2 Å². The van der Waals surface area contributed by atoms with Crippen LogP contribution in [0.25, 0.3) is 0 Å². The fraction of sp³-hybridized carbons (Fsp3) is 0.588. The second-order valence-electron chi connectivity index (χ2n) is 6.34. The van der Waals surface area contributed by atoms with E-state index in [4.69, 9.17) is 4.74 Å². The number of nitrogens with one attached hydrogen (secondary N) is 1. The maximum absolute atomic E-state index is 12.5. The molecule has 2 heterocycles. The lowest BCUT2D eigenvalue weighted by Gasteiger charge is -2.26. The van der Waals surface area contributed by atoms with Gasteiger partial charge in [-0.1, -0.05) is 18.2 Å². The van der Waals surface area contributed by atoms with Crippen molar-refractivity contribution in [3.63, 3.8) is 0 Å². The summed E-state index contributed by atoms with van der Waals surface area (Å²) in [6, 6.07) is 7.72. The van der Waals surface area contributed by atoms with Crippen molar-refractivity contribution in [1.82, 2.24) is 10.2 Å². The largest absolute Gasteiger partial charge is 0.488 e. The van der Waals surface area contributed by atoms with E-state index in [1.165, 1.54) is 0 Å². The summed E-state index contributed by atoms with van der Waals surface area (Å²) in [6.45, 7) is 1.98. The zero-order chi connectivity index (χ0) is 17.2. The zero-order valence-corrected chi connectivity index (χ0v) is 13.3. The zero-order valence-electron chi connectivity index (χ0n) is 13.3. The molecule has 2 fully saturated rings. The van der Waals surface area contributed by atoms with Crippen molar-refractivity contribution in [1.29, 1.82) is 0 Å². The van der Waals surface area contributed by atoms with Gasteiger partial charge in [-0.05, 0) is 43.5 Å². The third kappa shape index (κ3) is 3.83. The van der Waals surface area contributed by atoms with E-state index in [2.05, 4.69) is 5.32 Å². The normalized spacial score (nSPS) is 22.6. The van der Waals surface area contributed by atoms with Crippen LogP contribution in [0.5, 0.6) is 5.75 Å². The van der Waals surface area contributed by atoms with Gasteiger partial charge in [-0.15, -0.1) is 0 Å². The Morgan fingerprint density at radius 3 is 2.58 bits per heavy atom. The molecule has 3 rings (SSSR count). The summed E-state index contributed by atoms with van der Waals surface area (Å²) in [7, 11) is 0. The van der Waals surface area contributed by atoms with Gasteiger partial charge in [-0.25, -0.2) is 0 Å². The fourth-order valence-electron chi connectivity index (χ4n) is 3.43. The molecule has 0 saturated carbocycles. The predicted octanol–water partition coefficient (Wildman–Crippen LogP) is 2.70. The third-order valence-corrected chi connectivity index (χ3v) is 4.67. The van der Waals surface area contributed by atoms with Gasteiger partial charge in [0, 0.05) is 13.0 Å². The van der Waals surface area contributed by atoms with Gasteiger partial charge in [0.05, 0.1) is 6.54 Å². The van der Waals surface area contributed by atoms with Gasteiger partial charge in [0.15, 0.2) is 0 Å². The average molecular weight is 342 g/mol. The summed E-state index contributed by atoms with van der Waals surface area (Å²) in [5.41, 5.74) is 1.11. The number of halogens is 3. The monoisotopic (exact) mass is 342 g/mol. The lowest BCUT2D eigenvalue weighted by Crippen LogP contribution is -2.40. The molecule has 24 heavy (non-hydrogen) atoms. The Kier molecular flexibility index (Phi) is 4.99. The van der Waals surface area contributed by atoms with Crippen LogP contribution < -0.4 is 10.1 Å². The maximum Gasteiger partial charge on any atom is 0.471 e. The molecule has 0 aliphatic carbocycles. The molecule has 1 N–H and O–H groups in total. The molecule has 1 aromatic rings. The SMILES string of the molecule is O=C(N1CC[C@H](Oc2ccccc2C2CCNCC2)C1)C(F)(F)F. The lowest BCUT2D eigenvalue weighted by atomic mass is 9.89. The molecule has 2 aliphatic heterocycles. The number of nitrogens with zero attached hydrogens (tertiary/aromatic N) is 1. The lowest BCUT2D eigenvalue weighted by molar-refractivity contribution is -0.184. The molecule has 1 aromatic carbocycles. The molecule has 1 amide bonds. The van der Waals surface area contributed by atoms with Gasteiger partial charge in [-0.2, -0.15) is 13.2 Å². The van der Waals surface area contributed by atoms with Crippen LogP contribution in [-0.2, 0) is 4.79 Å². The molecule has 4 nitrogen and oxygen atoms in total. The minimum absolute atomic E-state index is 0.0150. The summed E-state index contributed by atoms with van der Waals surface area (Å²) in [5.74, 6) is -0.646. The predicted molar refractivity (Wildman–Crippen MR) is 83.0 cm³/mol. The van der Waals surface area contributed by atoms with Gasteiger partial charge in [0.2, 0.25) is 0 Å². The van der Waals surface area contributed by atoms with Gasteiger partial charge in [0.25, 0.3) is 0 Å². The Morgan fingerprint density at radius 1 is 1.17 bits per heavy atom. The molecule has 132 valence electrons. The van der Waals surface area contributed by atoms with E-state index in [9.17, 15) is 18.0 Å². The second kappa shape index (κ2) is 7.01. The number of carbonyl (C=O) groups excluding carboxylic acids is 1. The number of hydrogen-bond acceptors (Lipinski definition) is 3. The van der Waals surface area contributed by atoms with Crippen LogP contribution in [0.1, 0.15) is 30.7 Å². The number of carbonyl (C=O) groups is 1. The standard InChI is InChI=1S/C17H21F3N2O2/c18-17(19,20)16(23)22-10-7-13(11-22)24-15-4-2-1-3-14(15)12-5-8-21-9-6-12/h1-4,12-13,21H,5-11H2/t13-/m0/s1. The number of benzene rings is 1. The molecule has 0 aromatic heterocycles. The summed E-state index contributed by atoms with van der Waals surface area (Å²) in [6.07, 6.45) is -2.75. The third-order valence-electron chi connectivity index (χ3n) is 4.67. The van der Waals surface area contributed by atoms with Crippen LogP contribution in [0.2, 0.25) is 0 Å². The van der Waals surface area contributed by atoms with Crippen molar-refractivity contribution in [3.05, 3.63) is 29.8 Å². The van der Waals surface area contributed by atoms with Crippen molar-refractivity contribution in [3.8, 4) is 5.75 Å². The first kappa shape index (κ1) is 17.1. The molecule has 2 saturated heterocycles. The summed E-state index contributed by atoms with van der Waals surface area (Å²) in [4.78, 5) is 12.1. The maximum atomic E-state index is 12.5. The van der Waals surface area contributed by atoms with E-state index >= 15 is 0 Å². The topological polar surface area (TPSA) is 41.6 Å². The van der Waals surface area contributed by atoms with E-state index < -0.39 is 12.1 Å². The number of piperidine rings is 1. The van der Waals surface area contributed by atoms with Crippen molar-refractivity contribution >= 4 is 5.91 Å². The average Bonchev–Trinajstić information content (AvgIpc) is 3.03. The molecule has 2 aliphatic rings. The highest BCUT2D eigenvalue weighted by Crippen LogP contribution is 2.34. The summed E-state index contributed by atoms with van der Waals surface area (Å²) in [5, 5.41) is 3.32. The van der Waals surface area contributed by atoms with Crippen molar-refractivity contribution in [2.24, 2.45) is 0 Å². The molecular formula is C17H21F3N2O2. The van der Waals surface area contributed by atoms with Crippen molar-refractivity contribution in [2.45, 2.75) is 37.5 Å². The number of alkyl halides is 3. The van der Waals surface area contributed by atoms with Gasteiger partial charge < -0.3 is 15.0 Å². The molecular weight excluding hydrogens is 321 g/mol. The molecule has 0 spiro atoms. The van der Waals surface area contributed by atoms with Crippen LogP contribution in [0.3, 0.4) is 0 Å². The number of ether oxygens (including phenoxy) is 1. The molecule has 0 radical (unpaired) electrons. The highest BCUT2D eigenvalue weighted by atomic mass is 19.4. The Morgan fingerprint density at radius 2 is 1.88 bits per heavy atom. The number of rotatable bonds is 3. The Labute approximate surface area is 139 Å². The van der Waals surface area contributed by atoms with Gasteiger partial charge >= 0.3 is 12.1 Å². The number of amides is 1. The van der Waals surface area contributed by atoms with Gasteiger partial charge in [0.1, 0.15) is 11.9 Å². The molecule has 0 unspecified atom stereocenters. The fourth-order valence-corrected chi connectivity index (χ4v) is 3.43. The highest BCUT2D eigenvalue weighted by Gasteiger charge is 2.45. The van der Waals surface area contributed by atoms with Gasteiger partial charge in [-0.3, -0.25) is 4.79 Å². The van der Waals surface area contributed by atoms with E-state index in [0.29, 0.717) is 12.3 Å². The van der Waals surface area contributed by atoms with Crippen LogP contribution in [0, 0.1) is 0 Å². The minimum Gasteiger partial charge on any atom is -0.488 e. The Hall–Kier alpha value is -1.76. The first-order valence-corrected chi connectivity index (χ1v) is 8.27. The quantitative estimate of drug-likeness (QED) is 0.918. The van der Waals surface area contributed by atoms with Crippen molar-refractivity contribution < 1.29 is 22.7 Å². The molecule has 0 bridgehead atoms.